The normalized spacial score (nSPS) is 12.8. The van der Waals surface area contributed by atoms with Crippen molar-refractivity contribution in [1.29, 1.82) is 0 Å². The van der Waals surface area contributed by atoms with Gasteiger partial charge in [-0.15, -0.1) is 0 Å². The summed E-state index contributed by atoms with van der Waals surface area (Å²) in [6.07, 6.45) is -0.722. The number of hydrogen-bond donors (Lipinski definition) is 5. The number of phenols is 3. The minimum Gasteiger partial charge on any atom is -0.508 e. The summed E-state index contributed by atoms with van der Waals surface area (Å²) in [5.41, 5.74) is 4.88. The van der Waals surface area contributed by atoms with Crippen LogP contribution in [0.5, 0.6) is 17.2 Å². The van der Waals surface area contributed by atoms with E-state index in [9.17, 15) is 20.1 Å². The summed E-state index contributed by atoms with van der Waals surface area (Å²) in [6.45, 7) is 5.06. The van der Waals surface area contributed by atoms with Crippen molar-refractivity contribution < 1.29 is 24.9 Å². The number of nitrogens with one attached hydrogen (secondary N) is 1. The molecule has 1 aromatic carbocycles. The maximum absolute atomic E-state index is 11.7. The van der Waals surface area contributed by atoms with Gasteiger partial charge in [-0.2, -0.15) is 0 Å². The molecule has 0 heterocycles. The molecule has 0 saturated heterocycles. The summed E-state index contributed by atoms with van der Waals surface area (Å²) in [4.78, 5) is 11.7. The maximum atomic E-state index is 11.7. The molecule has 1 aromatic rings. The van der Waals surface area contributed by atoms with Crippen LogP contribution in [0.3, 0.4) is 0 Å². The summed E-state index contributed by atoms with van der Waals surface area (Å²) in [5, 5.41) is 31.2. The number of carbonyl (C=O) groups excluding carboxylic acids is 1. The lowest BCUT2D eigenvalue weighted by atomic mass is 10.0. The minimum atomic E-state index is -0.842. The molecule has 0 bridgehead atoms. The molecule has 0 aliphatic carbocycles. The van der Waals surface area contributed by atoms with E-state index in [1.807, 2.05) is 0 Å². The van der Waals surface area contributed by atoms with E-state index < -0.39 is 17.7 Å². The Morgan fingerprint density at radius 3 is 2.20 bits per heavy atom. The van der Waals surface area contributed by atoms with Crippen LogP contribution in [0.2, 0.25) is 0 Å². The lowest BCUT2D eigenvalue weighted by Gasteiger charge is -2.24. The Morgan fingerprint density at radius 2 is 1.80 bits per heavy atom. The Kier molecular flexibility index (Phi) is 4.67. The first-order valence-electron chi connectivity index (χ1n) is 6.08. The molecule has 0 radical (unpaired) electrons. The maximum Gasteiger partial charge on any atom is 0.408 e. The van der Waals surface area contributed by atoms with Gasteiger partial charge in [0.05, 0.1) is 11.6 Å². The smallest absolute Gasteiger partial charge is 0.408 e. The number of rotatable bonds is 3. The number of alkyl carbamates (subject to hydrolysis) is 1. The zero-order valence-corrected chi connectivity index (χ0v) is 11.7. The van der Waals surface area contributed by atoms with Crippen molar-refractivity contribution in [2.75, 3.05) is 6.54 Å². The molecule has 0 fully saturated rings. The van der Waals surface area contributed by atoms with Crippen molar-refractivity contribution in [3.63, 3.8) is 0 Å². The molecule has 7 nitrogen and oxygen atoms in total. The average molecular weight is 284 g/mol. The third kappa shape index (κ3) is 4.20. The molecule has 0 aliphatic rings. The van der Waals surface area contributed by atoms with Crippen LogP contribution >= 0.6 is 0 Å². The Hall–Kier alpha value is -2.15. The highest BCUT2D eigenvalue weighted by molar-refractivity contribution is 5.69. The summed E-state index contributed by atoms with van der Waals surface area (Å²) in [5.74, 6) is -1.03. The number of amides is 1. The molecular weight excluding hydrogens is 264 g/mol. The van der Waals surface area contributed by atoms with Crippen molar-refractivity contribution in [2.45, 2.75) is 32.4 Å². The van der Waals surface area contributed by atoms with E-state index in [2.05, 4.69) is 5.32 Å². The second-order valence-corrected chi connectivity index (χ2v) is 5.33. The standard InChI is InChI=1S/C13H20N2O5/c1-13(2,3)20-12(19)15-8(6-14)11-9(17)4-7(16)5-10(11)18/h4-5,8,16-18H,6,14H2,1-3H3,(H,15,19). The first-order chi connectivity index (χ1) is 9.14. The van der Waals surface area contributed by atoms with Crippen molar-refractivity contribution in [1.82, 2.24) is 5.32 Å². The van der Waals surface area contributed by atoms with Gasteiger partial charge in [0.15, 0.2) is 0 Å². The molecule has 1 unspecified atom stereocenters. The lowest BCUT2D eigenvalue weighted by molar-refractivity contribution is 0.0504. The third-order valence-corrected chi connectivity index (χ3v) is 2.40. The second kappa shape index (κ2) is 5.87. The molecule has 112 valence electrons. The molecular formula is C13H20N2O5. The van der Waals surface area contributed by atoms with Gasteiger partial charge < -0.3 is 31.1 Å². The van der Waals surface area contributed by atoms with E-state index in [0.29, 0.717) is 0 Å². The van der Waals surface area contributed by atoms with Gasteiger partial charge in [-0.1, -0.05) is 0 Å². The Labute approximate surface area is 117 Å². The zero-order valence-electron chi connectivity index (χ0n) is 11.7. The quantitative estimate of drug-likeness (QED) is 0.570. The van der Waals surface area contributed by atoms with Crippen LogP contribution in [0.4, 0.5) is 4.79 Å². The molecule has 20 heavy (non-hydrogen) atoms. The highest BCUT2D eigenvalue weighted by Crippen LogP contribution is 2.36. The molecule has 6 N–H and O–H groups in total. The van der Waals surface area contributed by atoms with Crippen LogP contribution in [0, 0.1) is 0 Å². The lowest BCUT2D eigenvalue weighted by Crippen LogP contribution is -2.37. The minimum absolute atomic E-state index is 0.0242. The predicted octanol–water partition coefficient (Wildman–Crippen LogP) is 1.33. The number of nitrogens with two attached hydrogens (primary N) is 1. The molecule has 7 heteroatoms. The van der Waals surface area contributed by atoms with Crippen molar-refractivity contribution >= 4 is 6.09 Å². The van der Waals surface area contributed by atoms with E-state index in [0.717, 1.165) is 12.1 Å². The predicted molar refractivity (Wildman–Crippen MR) is 72.6 cm³/mol. The largest absolute Gasteiger partial charge is 0.508 e. The molecule has 0 spiro atoms. The zero-order chi connectivity index (χ0) is 15.5. The van der Waals surface area contributed by atoms with E-state index in [-0.39, 0.29) is 29.4 Å². The van der Waals surface area contributed by atoms with Gasteiger partial charge in [-0.25, -0.2) is 4.79 Å². The number of benzene rings is 1. The van der Waals surface area contributed by atoms with Crippen LogP contribution in [0.25, 0.3) is 0 Å². The second-order valence-electron chi connectivity index (χ2n) is 5.33. The molecule has 0 aliphatic heterocycles. The molecule has 1 atom stereocenters. The Balaban J connectivity index is 2.95. The van der Waals surface area contributed by atoms with Crippen molar-refractivity contribution in [3.05, 3.63) is 17.7 Å². The van der Waals surface area contributed by atoms with Gasteiger partial charge in [0.2, 0.25) is 0 Å². The van der Waals surface area contributed by atoms with Gasteiger partial charge in [-0.05, 0) is 20.8 Å². The fraction of sp³-hybridized carbons (Fsp3) is 0.462. The highest BCUT2D eigenvalue weighted by atomic mass is 16.6. The summed E-state index contributed by atoms with van der Waals surface area (Å²) in [7, 11) is 0. The fourth-order valence-electron chi connectivity index (χ4n) is 1.66. The van der Waals surface area contributed by atoms with E-state index >= 15 is 0 Å². The van der Waals surface area contributed by atoms with Crippen LogP contribution in [0.15, 0.2) is 12.1 Å². The van der Waals surface area contributed by atoms with Gasteiger partial charge in [0, 0.05) is 18.7 Å². The summed E-state index contributed by atoms with van der Waals surface area (Å²) >= 11 is 0. The van der Waals surface area contributed by atoms with Crippen LogP contribution in [-0.4, -0.2) is 33.6 Å². The highest BCUT2D eigenvalue weighted by Gasteiger charge is 2.24. The van der Waals surface area contributed by atoms with Gasteiger partial charge in [0.1, 0.15) is 22.8 Å². The van der Waals surface area contributed by atoms with Gasteiger partial charge >= 0.3 is 6.09 Å². The van der Waals surface area contributed by atoms with Crippen LogP contribution in [0.1, 0.15) is 32.4 Å². The number of hydrogen-bond acceptors (Lipinski definition) is 6. The Morgan fingerprint density at radius 1 is 1.30 bits per heavy atom. The molecule has 1 amide bonds. The van der Waals surface area contributed by atoms with E-state index in [1.165, 1.54) is 0 Å². The number of phenolic OH excluding ortho intramolecular Hbond substituents is 3. The topological polar surface area (TPSA) is 125 Å². The van der Waals surface area contributed by atoms with E-state index in [4.69, 9.17) is 10.5 Å². The van der Waals surface area contributed by atoms with Gasteiger partial charge in [-0.3, -0.25) is 0 Å². The summed E-state index contributed by atoms with van der Waals surface area (Å²) < 4.78 is 5.08. The van der Waals surface area contributed by atoms with Crippen LogP contribution in [-0.2, 0) is 4.74 Å². The average Bonchev–Trinajstić information content (AvgIpc) is 2.23. The SMILES string of the molecule is CC(C)(C)OC(=O)NC(CN)c1c(O)cc(O)cc1O. The van der Waals surface area contributed by atoms with Gasteiger partial charge in [0.25, 0.3) is 0 Å². The molecule has 0 saturated carbocycles. The molecule has 0 aromatic heterocycles. The number of ether oxygens (including phenoxy) is 1. The van der Waals surface area contributed by atoms with Crippen molar-refractivity contribution in [3.8, 4) is 17.2 Å². The van der Waals surface area contributed by atoms with E-state index in [1.54, 1.807) is 20.8 Å². The monoisotopic (exact) mass is 284 g/mol. The number of carbonyl (C=O) groups is 1. The molecule has 1 rings (SSSR count). The van der Waals surface area contributed by atoms with Crippen LogP contribution < -0.4 is 11.1 Å². The first-order valence-corrected chi connectivity index (χ1v) is 6.08. The van der Waals surface area contributed by atoms with Crippen molar-refractivity contribution in [2.24, 2.45) is 5.73 Å². The third-order valence-electron chi connectivity index (χ3n) is 2.40. The number of aromatic hydroxyl groups is 3. The fourth-order valence-corrected chi connectivity index (χ4v) is 1.66. The summed E-state index contributed by atoms with van der Waals surface area (Å²) in [6, 6.07) is 1.26. The first kappa shape index (κ1) is 15.9. The Bertz CT molecular complexity index is 473.